The number of methoxy groups -OCH3 is 2. The molecule has 1 aliphatic rings. The third-order valence-corrected chi connectivity index (χ3v) is 5.86. The highest BCUT2D eigenvalue weighted by Crippen LogP contribution is 2.27. The Labute approximate surface area is 206 Å². The Morgan fingerprint density at radius 3 is 2.39 bits per heavy atom. The number of nitrogens with zero attached hydrogens (tertiary/aromatic N) is 4. The number of nitrogens with one attached hydrogen (secondary N) is 1. The molecular weight excluding hydrogens is 505 g/mol. The van der Waals surface area contributed by atoms with Crippen molar-refractivity contribution < 1.29 is 9.47 Å². The zero-order valence-corrected chi connectivity index (χ0v) is 22.5. The highest BCUT2D eigenvalue weighted by molar-refractivity contribution is 14.0. The summed E-state index contributed by atoms with van der Waals surface area (Å²) in [5.74, 6) is 2.51. The lowest BCUT2D eigenvalue weighted by Gasteiger charge is -2.37. The molecule has 178 valence electrons. The quantitative estimate of drug-likeness (QED) is 0.276. The Hall–Kier alpha value is -1.26. The summed E-state index contributed by atoms with van der Waals surface area (Å²) in [6.07, 6.45) is 0.912. The third-order valence-electron chi connectivity index (χ3n) is 5.86. The van der Waals surface area contributed by atoms with Gasteiger partial charge in [-0.1, -0.05) is 13.0 Å². The molecule has 8 heteroatoms. The monoisotopic (exact) mass is 547 g/mol. The summed E-state index contributed by atoms with van der Waals surface area (Å²) in [7, 11) is 5.44. The van der Waals surface area contributed by atoms with Crippen molar-refractivity contribution in [1.82, 2.24) is 20.0 Å². The summed E-state index contributed by atoms with van der Waals surface area (Å²) < 4.78 is 10.8. The lowest BCUT2D eigenvalue weighted by atomic mass is 10.1. The predicted molar refractivity (Wildman–Crippen MR) is 140 cm³/mol. The molecule has 1 atom stereocenters. The smallest absolute Gasteiger partial charge is 0.193 e. The number of likely N-dealkylation sites (N-methyl/N-ethyl adjacent to an activating group) is 2. The van der Waals surface area contributed by atoms with Gasteiger partial charge in [0.25, 0.3) is 0 Å². The number of hydrogen-bond donors (Lipinski definition) is 1. The highest BCUT2D eigenvalue weighted by Gasteiger charge is 2.20. The van der Waals surface area contributed by atoms with Gasteiger partial charge in [0.2, 0.25) is 0 Å². The summed E-state index contributed by atoms with van der Waals surface area (Å²) >= 11 is 0. The molecule has 1 unspecified atom stereocenters. The van der Waals surface area contributed by atoms with E-state index in [1.54, 1.807) is 14.2 Å². The van der Waals surface area contributed by atoms with Crippen molar-refractivity contribution >= 4 is 29.9 Å². The van der Waals surface area contributed by atoms with Crippen LogP contribution in [0.25, 0.3) is 0 Å². The van der Waals surface area contributed by atoms with Crippen LogP contribution < -0.4 is 14.8 Å². The number of hydrogen-bond acceptors (Lipinski definition) is 5. The minimum absolute atomic E-state index is 0. The fourth-order valence-electron chi connectivity index (χ4n) is 3.76. The Balaban J connectivity index is 0.00000480. The predicted octanol–water partition coefficient (Wildman–Crippen LogP) is 2.79. The van der Waals surface area contributed by atoms with E-state index in [-0.39, 0.29) is 24.0 Å². The zero-order chi connectivity index (χ0) is 21.9. The van der Waals surface area contributed by atoms with Crippen LogP contribution in [-0.2, 0) is 6.42 Å². The van der Waals surface area contributed by atoms with E-state index in [2.05, 4.69) is 60.0 Å². The number of piperazine rings is 1. The number of benzene rings is 1. The SMILES string of the molecule is CCNC(=NCC(C)N1CCN(CC)CC1)N(C)CCc1ccc(OC)c(OC)c1.I. The molecule has 0 amide bonds. The van der Waals surface area contributed by atoms with Crippen LogP contribution in [-0.4, -0.2) is 100 Å². The van der Waals surface area contributed by atoms with Gasteiger partial charge in [-0.3, -0.25) is 9.89 Å². The van der Waals surface area contributed by atoms with Crippen LogP contribution in [0.5, 0.6) is 11.5 Å². The second-order valence-corrected chi connectivity index (χ2v) is 7.87. The van der Waals surface area contributed by atoms with Gasteiger partial charge in [-0.05, 0) is 44.5 Å². The molecule has 1 aliphatic heterocycles. The van der Waals surface area contributed by atoms with Crippen LogP contribution in [0.4, 0.5) is 0 Å². The molecule has 0 saturated carbocycles. The first-order chi connectivity index (χ1) is 14.5. The molecule has 1 aromatic carbocycles. The van der Waals surface area contributed by atoms with E-state index < -0.39 is 0 Å². The van der Waals surface area contributed by atoms with Crippen molar-refractivity contribution in [3.8, 4) is 11.5 Å². The maximum absolute atomic E-state index is 5.42. The lowest BCUT2D eigenvalue weighted by molar-refractivity contribution is 0.109. The van der Waals surface area contributed by atoms with Gasteiger partial charge < -0.3 is 24.6 Å². The minimum Gasteiger partial charge on any atom is -0.493 e. The van der Waals surface area contributed by atoms with Crippen LogP contribution in [0, 0.1) is 0 Å². The van der Waals surface area contributed by atoms with Crippen molar-refractivity contribution in [3.05, 3.63) is 23.8 Å². The molecule has 1 saturated heterocycles. The van der Waals surface area contributed by atoms with Crippen LogP contribution >= 0.6 is 24.0 Å². The Morgan fingerprint density at radius 1 is 1.13 bits per heavy atom. The van der Waals surface area contributed by atoms with Crippen molar-refractivity contribution in [3.63, 3.8) is 0 Å². The normalized spacial score (nSPS) is 16.4. The first-order valence-electron chi connectivity index (χ1n) is 11.2. The molecule has 1 N–H and O–H groups in total. The maximum atomic E-state index is 5.42. The summed E-state index contributed by atoms with van der Waals surface area (Å²) in [5, 5.41) is 3.44. The number of rotatable bonds is 10. The second-order valence-electron chi connectivity index (χ2n) is 7.87. The Kier molecular flexibility index (Phi) is 13.2. The van der Waals surface area contributed by atoms with E-state index in [1.165, 1.54) is 5.56 Å². The van der Waals surface area contributed by atoms with Gasteiger partial charge in [-0.2, -0.15) is 0 Å². The van der Waals surface area contributed by atoms with Gasteiger partial charge in [-0.15, -0.1) is 24.0 Å². The van der Waals surface area contributed by atoms with Gasteiger partial charge in [0.05, 0.1) is 20.8 Å². The lowest BCUT2D eigenvalue weighted by Crippen LogP contribution is -2.50. The molecule has 1 fully saturated rings. The molecule has 1 aromatic rings. The molecule has 31 heavy (non-hydrogen) atoms. The number of halogens is 1. The largest absolute Gasteiger partial charge is 0.493 e. The van der Waals surface area contributed by atoms with E-state index >= 15 is 0 Å². The van der Waals surface area contributed by atoms with Crippen molar-refractivity contribution in [2.45, 2.75) is 33.2 Å². The second kappa shape index (κ2) is 14.7. The summed E-state index contributed by atoms with van der Waals surface area (Å²) in [4.78, 5) is 12.2. The average Bonchev–Trinajstić information content (AvgIpc) is 2.79. The maximum Gasteiger partial charge on any atom is 0.193 e. The Morgan fingerprint density at radius 2 is 1.81 bits per heavy atom. The molecule has 7 nitrogen and oxygen atoms in total. The van der Waals surface area contributed by atoms with E-state index in [9.17, 15) is 0 Å². The topological polar surface area (TPSA) is 52.6 Å². The molecule has 0 aliphatic carbocycles. The fourth-order valence-corrected chi connectivity index (χ4v) is 3.76. The number of ether oxygens (including phenoxy) is 2. The van der Waals surface area contributed by atoms with Crippen molar-refractivity contribution in [1.29, 1.82) is 0 Å². The molecule has 0 bridgehead atoms. The van der Waals surface area contributed by atoms with Gasteiger partial charge in [0.15, 0.2) is 17.5 Å². The number of aliphatic imine (C=N–C) groups is 1. The first-order valence-corrected chi connectivity index (χ1v) is 11.2. The highest BCUT2D eigenvalue weighted by atomic mass is 127. The summed E-state index contributed by atoms with van der Waals surface area (Å²) in [6.45, 7) is 14.9. The van der Waals surface area contributed by atoms with Gasteiger partial charge in [0.1, 0.15) is 0 Å². The van der Waals surface area contributed by atoms with Crippen molar-refractivity contribution in [2.24, 2.45) is 4.99 Å². The molecule has 0 radical (unpaired) electrons. The van der Waals surface area contributed by atoms with E-state index in [0.29, 0.717) is 6.04 Å². The molecular formula is C23H42IN5O2. The van der Waals surface area contributed by atoms with E-state index in [0.717, 1.165) is 76.2 Å². The van der Waals surface area contributed by atoms with E-state index in [4.69, 9.17) is 14.5 Å². The number of guanidine groups is 1. The minimum atomic E-state index is 0. The molecule has 2 rings (SSSR count). The van der Waals surface area contributed by atoms with Crippen LogP contribution in [0.3, 0.4) is 0 Å². The van der Waals surface area contributed by atoms with Gasteiger partial charge in [0, 0.05) is 52.4 Å². The standard InChI is InChI=1S/C23H41N5O2.HI/c1-7-24-23(25-18-19(3)28-15-13-27(8-2)14-16-28)26(4)12-11-20-9-10-21(29-5)22(17-20)30-6;/h9-10,17,19H,7-8,11-16,18H2,1-6H3,(H,24,25);1H. The van der Waals surface area contributed by atoms with Gasteiger partial charge >= 0.3 is 0 Å². The van der Waals surface area contributed by atoms with Gasteiger partial charge in [-0.25, -0.2) is 0 Å². The molecule has 1 heterocycles. The first kappa shape index (κ1) is 27.8. The molecule has 0 spiro atoms. The zero-order valence-electron chi connectivity index (χ0n) is 20.2. The van der Waals surface area contributed by atoms with Crippen LogP contribution in [0.15, 0.2) is 23.2 Å². The summed E-state index contributed by atoms with van der Waals surface area (Å²) in [5.41, 5.74) is 1.22. The van der Waals surface area contributed by atoms with Crippen LogP contribution in [0.2, 0.25) is 0 Å². The Bertz CT molecular complexity index is 665. The summed E-state index contributed by atoms with van der Waals surface area (Å²) in [6, 6.07) is 6.57. The fraction of sp³-hybridized carbons (Fsp3) is 0.696. The molecule has 0 aromatic heterocycles. The van der Waals surface area contributed by atoms with E-state index in [1.807, 2.05) is 6.07 Å². The van der Waals surface area contributed by atoms with Crippen molar-refractivity contribution in [2.75, 3.05) is 73.6 Å². The average molecular weight is 548 g/mol. The van der Waals surface area contributed by atoms with Crippen LogP contribution in [0.1, 0.15) is 26.3 Å². The third kappa shape index (κ3) is 8.65.